The van der Waals surface area contributed by atoms with Crippen LogP contribution in [0.15, 0.2) is 30.8 Å². The number of rotatable bonds is 9. The summed E-state index contributed by atoms with van der Waals surface area (Å²) in [5.41, 5.74) is 0.0704. The second kappa shape index (κ2) is 12.0. The van der Waals surface area contributed by atoms with Gasteiger partial charge in [-0.3, -0.25) is 9.59 Å². The monoisotopic (exact) mass is 475 g/mol. The average molecular weight is 476 g/mol. The van der Waals surface area contributed by atoms with Crippen molar-refractivity contribution in [3.05, 3.63) is 42.0 Å². The van der Waals surface area contributed by atoms with Crippen LogP contribution in [0, 0.1) is 5.92 Å². The Hall–Kier alpha value is -2.87. The van der Waals surface area contributed by atoms with Crippen LogP contribution in [0.2, 0.25) is 0 Å². The summed E-state index contributed by atoms with van der Waals surface area (Å²) in [5, 5.41) is 15.4. The summed E-state index contributed by atoms with van der Waals surface area (Å²) in [6.45, 7) is 17.7. The molecule has 2 atom stereocenters. The first-order valence-electron chi connectivity index (χ1n) is 11.5. The molecule has 3 amide bonds. The first-order chi connectivity index (χ1) is 15.6. The minimum Gasteiger partial charge on any atom is -0.444 e. The number of carbonyl (C=O) groups is 3. The van der Waals surface area contributed by atoms with Crippen molar-refractivity contribution in [3.8, 4) is 0 Å². The van der Waals surface area contributed by atoms with Crippen molar-refractivity contribution in [2.45, 2.75) is 78.6 Å². The molecule has 8 nitrogen and oxygen atoms in total. The Morgan fingerprint density at radius 3 is 2.24 bits per heavy atom. The van der Waals surface area contributed by atoms with Crippen LogP contribution < -0.4 is 10.6 Å². The topological polar surface area (TPSA) is 108 Å². The number of aliphatic hydroxyl groups excluding tert-OH is 1. The van der Waals surface area contributed by atoms with E-state index in [0.29, 0.717) is 5.56 Å². The minimum atomic E-state index is -1.03. The first-order valence-corrected chi connectivity index (χ1v) is 11.5. The second-order valence-electron chi connectivity index (χ2n) is 10.6. The molecule has 0 saturated heterocycles. The molecule has 3 N–H and O–H groups in total. The molecule has 0 aliphatic carbocycles. The van der Waals surface area contributed by atoms with Crippen molar-refractivity contribution >= 4 is 24.0 Å². The van der Waals surface area contributed by atoms with E-state index in [9.17, 15) is 19.5 Å². The summed E-state index contributed by atoms with van der Waals surface area (Å²) in [6.07, 6.45) is 0.925. The lowest BCUT2D eigenvalue weighted by Gasteiger charge is -2.36. The SMILES string of the molecule is C=Cc1cccc(C(C(=O)NC(C)(C)C)N(CCO)C(=O)C(NC(=O)OC(C)(C)C)C(C)C)c1. The summed E-state index contributed by atoms with van der Waals surface area (Å²) in [6, 6.07) is 5.17. The Morgan fingerprint density at radius 1 is 1.15 bits per heavy atom. The van der Waals surface area contributed by atoms with Crippen molar-refractivity contribution in [1.29, 1.82) is 0 Å². The average Bonchev–Trinajstić information content (AvgIpc) is 2.68. The van der Waals surface area contributed by atoms with E-state index in [1.54, 1.807) is 58.9 Å². The van der Waals surface area contributed by atoms with Gasteiger partial charge < -0.3 is 25.4 Å². The van der Waals surface area contributed by atoms with Gasteiger partial charge in [-0.15, -0.1) is 0 Å². The maximum absolute atomic E-state index is 13.8. The van der Waals surface area contributed by atoms with Gasteiger partial charge in [0, 0.05) is 12.1 Å². The Bertz CT molecular complexity index is 868. The van der Waals surface area contributed by atoms with E-state index in [-0.39, 0.29) is 19.1 Å². The van der Waals surface area contributed by atoms with Crippen LogP contribution in [0.5, 0.6) is 0 Å². The molecule has 8 heteroatoms. The Kier molecular flexibility index (Phi) is 10.3. The van der Waals surface area contributed by atoms with Crippen LogP contribution in [0.1, 0.15) is 72.6 Å². The highest BCUT2D eigenvalue weighted by molar-refractivity contribution is 5.92. The van der Waals surface area contributed by atoms with Crippen molar-refractivity contribution in [2.24, 2.45) is 5.92 Å². The van der Waals surface area contributed by atoms with E-state index in [1.165, 1.54) is 4.90 Å². The van der Waals surface area contributed by atoms with Gasteiger partial charge in [-0.1, -0.05) is 44.7 Å². The molecule has 0 spiro atoms. The third-order valence-corrected chi connectivity index (χ3v) is 4.75. The zero-order valence-corrected chi connectivity index (χ0v) is 21.8. The quantitative estimate of drug-likeness (QED) is 0.505. The molecule has 0 aliphatic heterocycles. The zero-order valence-electron chi connectivity index (χ0n) is 21.8. The molecular weight excluding hydrogens is 434 g/mol. The number of hydrogen-bond donors (Lipinski definition) is 3. The number of amides is 3. The normalized spacial score (nSPS) is 13.6. The smallest absolute Gasteiger partial charge is 0.408 e. The summed E-state index contributed by atoms with van der Waals surface area (Å²) in [5.74, 6) is -1.18. The molecule has 1 aromatic rings. The maximum Gasteiger partial charge on any atom is 0.408 e. The summed E-state index contributed by atoms with van der Waals surface area (Å²) in [4.78, 5) is 41.0. The third kappa shape index (κ3) is 9.17. The van der Waals surface area contributed by atoms with Crippen molar-refractivity contribution < 1.29 is 24.2 Å². The highest BCUT2D eigenvalue weighted by Crippen LogP contribution is 2.26. The number of benzene rings is 1. The van der Waals surface area contributed by atoms with Gasteiger partial charge in [-0.2, -0.15) is 0 Å². The Balaban J connectivity index is 3.49. The van der Waals surface area contributed by atoms with Crippen LogP contribution >= 0.6 is 0 Å². The summed E-state index contributed by atoms with van der Waals surface area (Å²) in [7, 11) is 0. The predicted molar refractivity (Wildman–Crippen MR) is 134 cm³/mol. The lowest BCUT2D eigenvalue weighted by molar-refractivity contribution is -0.144. The van der Waals surface area contributed by atoms with Crippen LogP contribution in [0.4, 0.5) is 4.79 Å². The highest BCUT2D eigenvalue weighted by Gasteiger charge is 2.38. The largest absolute Gasteiger partial charge is 0.444 e. The van der Waals surface area contributed by atoms with Gasteiger partial charge in [-0.05, 0) is 64.7 Å². The van der Waals surface area contributed by atoms with Gasteiger partial charge in [-0.25, -0.2) is 4.79 Å². The Labute approximate surface area is 203 Å². The standard InChI is InChI=1S/C26H41N3O5/c1-10-18-12-11-13-19(16-18)21(22(31)28-25(4,5)6)29(14-15-30)23(32)20(17(2)3)27-24(33)34-26(7,8)9/h10-13,16-17,20-21,30H,1,14-15H2,2-9H3,(H,27,33)(H,28,31). The van der Waals surface area contributed by atoms with Crippen molar-refractivity contribution in [3.63, 3.8) is 0 Å². The predicted octanol–water partition coefficient (Wildman–Crippen LogP) is 3.66. The fourth-order valence-electron chi connectivity index (χ4n) is 3.37. The van der Waals surface area contributed by atoms with Gasteiger partial charge in [0.25, 0.3) is 0 Å². The van der Waals surface area contributed by atoms with Gasteiger partial charge >= 0.3 is 6.09 Å². The Morgan fingerprint density at radius 2 is 1.76 bits per heavy atom. The molecule has 2 unspecified atom stereocenters. The van der Waals surface area contributed by atoms with Gasteiger partial charge in [0.1, 0.15) is 17.7 Å². The second-order valence-corrected chi connectivity index (χ2v) is 10.6. The molecule has 0 aliphatic rings. The number of nitrogens with zero attached hydrogens (tertiary/aromatic N) is 1. The van der Waals surface area contributed by atoms with Crippen LogP contribution in [0.25, 0.3) is 6.08 Å². The third-order valence-electron chi connectivity index (χ3n) is 4.75. The van der Waals surface area contributed by atoms with Gasteiger partial charge in [0.2, 0.25) is 11.8 Å². The van der Waals surface area contributed by atoms with Gasteiger partial charge in [0.05, 0.1) is 6.61 Å². The van der Waals surface area contributed by atoms with E-state index < -0.39 is 41.1 Å². The molecule has 0 bridgehead atoms. The van der Waals surface area contributed by atoms with Crippen molar-refractivity contribution in [2.75, 3.05) is 13.2 Å². The number of alkyl carbamates (subject to hydrolysis) is 1. The van der Waals surface area contributed by atoms with Crippen LogP contribution in [0.3, 0.4) is 0 Å². The summed E-state index contributed by atoms with van der Waals surface area (Å²) < 4.78 is 5.34. The van der Waals surface area contributed by atoms with E-state index in [4.69, 9.17) is 4.74 Å². The molecule has 190 valence electrons. The maximum atomic E-state index is 13.8. The molecule has 0 fully saturated rings. The molecule has 0 saturated carbocycles. The molecule has 0 aromatic heterocycles. The van der Waals surface area contributed by atoms with Crippen LogP contribution in [-0.4, -0.2) is 58.2 Å². The molecule has 0 radical (unpaired) electrons. The number of nitrogens with one attached hydrogen (secondary N) is 2. The first kappa shape index (κ1) is 29.2. The zero-order chi connectivity index (χ0) is 26.3. The lowest BCUT2D eigenvalue weighted by atomic mass is 9.97. The van der Waals surface area contributed by atoms with E-state index in [2.05, 4.69) is 17.2 Å². The van der Waals surface area contributed by atoms with Crippen LogP contribution in [-0.2, 0) is 14.3 Å². The van der Waals surface area contributed by atoms with E-state index >= 15 is 0 Å². The number of aliphatic hydroxyl groups is 1. The fourth-order valence-corrected chi connectivity index (χ4v) is 3.37. The van der Waals surface area contributed by atoms with E-state index in [0.717, 1.165) is 5.56 Å². The molecular formula is C26H41N3O5. The number of ether oxygens (including phenoxy) is 1. The molecule has 0 heterocycles. The summed E-state index contributed by atoms with van der Waals surface area (Å²) >= 11 is 0. The minimum absolute atomic E-state index is 0.0986. The number of hydrogen-bond acceptors (Lipinski definition) is 5. The molecule has 1 aromatic carbocycles. The lowest BCUT2D eigenvalue weighted by Crippen LogP contribution is -2.56. The van der Waals surface area contributed by atoms with Crippen molar-refractivity contribution in [1.82, 2.24) is 15.5 Å². The van der Waals surface area contributed by atoms with Gasteiger partial charge in [0.15, 0.2) is 0 Å². The molecule has 1 rings (SSSR count). The fraction of sp³-hybridized carbons (Fsp3) is 0.577. The molecule has 34 heavy (non-hydrogen) atoms. The van der Waals surface area contributed by atoms with E-state index in [1.807, 2.05) is 26.8 Å². The number of carbonyl (C=O) groups excluding carboxylic acids is 3. The highest BCUT2D eigenvalue weighted by atomic mass is 16.6.